The number of hydrogen-bond acceptors (Lipinski definition) is 6. The van der Waals surface area contributed by atoms with Gasteiger partial charge in [0.15, 0.2) is 11.5 Å². The third kappa shape index (κ3) is 4.98. The van der Waals surface area contributed by atoms with Crippen LogP contribution in [0.15, 0.2) is 52.5 Å². The lowest BCUT2D eigenvalue weighted by atomic mass is 10.2. The molecule has 1 saturated heterocycles. The molecule has 0 atom stereocenters. The normalized spacial score (nSPS) is 15.1. The zero-order valence-corrected chi connectivity index (χ0v) is 17.8. The number of carbonyl (C=O) groups is 1. The summed E-state index contributed by atoms with van der Waals surface area (Å²) in [6, 6.07) is 11.1. The number of benzene rings is 2. The molecule has 2 aromatic carbocycles. The maximum absolute atomic E-state index is 12.7. The second kappa shape index (κ2) is 9.73. The fourth-order valence-electron chi connectivity index (χ4n) is 3.20. The minimum atomic E-state index is -3.52. The topological polar surface area (TPSA) is 97.3 Å². The predicted molar refractivity (Wildman–Crippen MR) is 114 cm³/mol. The van der Waals surface area contributed by atoms with Crippen molar-refractivity contribution < 1.29 is 22.7 Å². The van der Waals surface area contributed by atoms with Gasteiger partial charge in [-0.25, -0.2) is 13.8 Å². The molecule has 1 aliphatic heterocycles. The minimum Gasteiger partial charge on any atom is -0.493 e. The highest BCUT2D eigenvalue weighted by Gasteiger charge is 2.25. The maximum Gasteiger partial charge on any atom is 0.271 e. The molecule has 0 unspecified atom stereocenters. The van der Waals surface area contributed by atoms with E-state index >= 15 is 0 Å². The summed E-state index contributed by atoms with van der Waals surface area (Å²) in [5.41, 5.74) is 3.47. The van der Waals surface area contributed by atoms with Crippen molar-refractivity contribution in [1.82, 2.24) is 9.73 Å². The number of nitrogens with zero attached hydrogens (tertiary/aromatic N) is 2. The van der Waals surface area contributed by atoms with E-state index < -0.39 is 15.9 Å². The molecular formula is C21H25N3O5S. The minimum absolute atomic E-state index is 0.190. The van der Waals surface area contributed by atoms with E-state index in [0.717, 1.165) is 24.8 Å². The molecule has 0 aliphatic carbocycles. The van der Waals surface area contributed by atoms with Crippen molar-refractivity contribution in [2.24, 2.45) is 5.10 Å². The van der Waals surface area contributed by atoms with Crippen LogP contribution >= 0.6 is 0 Å². The molecule has 0 saturated carbocycles. The number of carbonyl (C=O) groups excluding carboxylic acids is 1. The molecule has 1 N–H and O–H groups in total. The molecule has 160 valence electrons. The van der Waals surface area contributed by atoms with Crippen LogP contribution in [0.4, 0.5) is 0 Å². The Kier molecular flexibility index (Phi) is 7.07. The molecule has 0 bridgehead atoms. The van der Waals surface area contributed by atoms with E-state index in [1.807, 2.05) is 0 Å². The van der Waals surface area contributed by atoms with Crippen molar-refractivity contribution >= 4 is 22.1 Å². The molecule has 3 rings (SSSR count). The first-order chi connectivity index (χ1) is 14.5. The van der Waals surface area contributed by atoms with Gasteiger partial charge in [-0.15, -0.1) is 0 Å². The summed E-state index contributed by atoms with van der Waals surface area (Å²) in [6.45, 7) is 1.07. The van der Waals surface area contributed by atoms with Gasteiger partial charge in [-0.2, -0.15) is 9.41 Å². The van der Waals surface area contributed by atoms with Gasteiger partial charge in [0, 0.05) is 18.7 Å². The average Bonchev–Trinajstić information content (AvgIpc) is 2.79. The summed E-state index contributed by atoms with van der Waals surface area (Å²) in [5, 5.41) is 3.95. The lowest BCUT2D eigenvalue weighted by molar-refractivity contribution is 0.0955. The first-order valence-electron chi connectivity index (χ1n) is 9.61. The van der Waals surface area contributed by atoms with Crippen LogP contribution < -0.4 is 14.9 Å². The average molecular weight is 432 g/mol. The summed E-state index contributed by atoms with van der Waals surface area (Å²) in [5.74, 6) is 0.713. The molecule has 0 radical (unpaired) electrons. The lowest BCUT2D eigenvalue weighted by Crippen LogP contribution is -2.35. The van der Waals surface area contributed by atoms with Gasteiger partial charge in [0.1, 0.15) is 0 Å². The summed E-state index contributed by atoms with van der Waals surface area (Å²) in [6.07, 6.45) is 4.28. The number of nitrogens with one attached hydrogen (secondary N) is 1. The second-order valence-electron chi connectivity index (χ2n) is 6.80. The van der Waals surface area contributed by atoms with Crippen molar-refractivity contribution in [3.05, 3.63) is 53.6 Å². The van der Waals surface area contributed by atoms with Crippen LogP contribution in [0.1, 0.15) is 35.2 Å². The van der Waals surface area contributed by atoms with Gasteiger partial charge < -0.3 is 9.47 Å². The molecule has 0 spiro atoms. The monoisotopic (exact) mass is 431 g/mol. The largest absolute Gasteiger partial charge is 0.493 e. The van der Waals surface area contributed by atoms with E-state index in [1.54, 1.807) is 25.3 Å². The molecule has 8 nitrogen and oxygen atoms in total. The summed E-state index contributed by atoms with van der Waals surface area (Å²) >= 11 is 0. The van der Waals surface area contributed by atoms with E-state index in [4.69, 9.17) is 9.47 Å². The van der Waals surface area contributed by atoms with Crippen molar-refractivity contribution in [3.63, 3.8) is 0 Å². The zero-order chi connectivity index (χ0) is 21.6. The van der Waals surface area contributed by atoms with Crippen molar-refractivity contribution in [3.8, 4) is 11.5 Å². The number of amides is 1. The first kappa shape index (κ1) is 21.8. The van der Waals surface area contributed by atoms with E-state index in [9.17, 15) is 13.2 Å². The number of piperidine rings is 1. The number of ether oxygens (including phenoxy) is 2. The zero-order valence-electron chi connectivity index (χ0n) is 17.0. The fourth-order valence-corrected chi connectivity index (χ4v) is 4.71. The van der Waals surface area contributed by atoms with Gasteiger partial charge in [0.05, 0.1) is 25.3 Å². The standard InChI is InChI=1S/C21H25N3O5S/c1-28-19-11-6-16(14-20(19)29-2)15-22-23-21(25)17-7-9-18(10-8-17)30(26,27)24-12-4-3-5-13-24/h6-11,14-15H,3-5,12-13H2,1-2H3,(H,23,25)/b22-15-. The van der Waals surface area contributed by atoms with Gasteiger partial charge in [-0.05, 0) is 60.9 Å². The predicted octanol–water partition coefficient (Wildman–Crippen LogP) is 2.64. The number of rotatable bonds is 7. The third-order valence-corrected chi connectivity index (χ3v) is 6.77. The number of hydrogen-bond donors (Lipinski definition) is 1. The Morgan fingerprint density at radius 1 is 1.00 bits per heavy atom. The Morgan fingerprint density at radius 2 is 1.67 bits per heavy atom. The Bertz CT molecular complexity index is 1010. The second-order valence-corrected chi connectivity index (χ2v) is 8.74. The van der Waals surface area contributed by atoms with Gasteiger partial charge >= 0.3 is 0 Å². The molecule has 30 heavy (non-hydrogen) atoms. The summed E-state index contributed by atoms with van der Waals surface area (Å²) < 4.78 is 37.3. The van der Waals surface area contributed by atoms with Crippen molar-refractivity contribution in [2.45, 2.75) is 24.2 Å². The van der Waals surface area contributed by atoms with Crippen LogP contribution in [-0.4, -0.2) is 52.2 Å². The number of hydrazone groups is 1. The molecule has 9 heteroatoms. The van der Waals surface area contributed by atoms with Gasteiger partial charge in [-0.1, -0.05) is 6.42 Å². The van der Waals surface area contributed by atoms with Crippen molar-refractivity contribution in [1.29, 1.82) is 0 Å². The Labute approximate surface area is 176 Å². The van der Waals surface area contributed by atoms with Crippen LogP contribution in [0.25, 0.3) is 0 Å². The molecule has 1 aliphatic rings. The van der Waals surface area contributed by atoms with E-state index in [0.29, 0.717) is 30.2 Å². The van der Waals surface area contributed by atoms with Crippen LogP contribution in [0, 0.1) is 0 Å². The van der Waals surface area contributed by atoms with E-state index in [-0.39, 0.29) is 4.90 Å². The van der Waals surface area contributed by atoms with Gasteiger partial charge in [-0.3, -0.25) is 4.79 Å². The third-order valence-electron chi connectivity index (χ3n) is 4.86. The highest BCUT2D eigenvalue weighted by Crippen LogP contribution is 2.26. The fraction of sp³-hybridized carbons (Fsp3) is 0.333. The lowest BCUT2D eigenvalue weighted by Gasteiger charge is -2.25. The summed E-state index contributed by atoms with van der Waals surface area (Å²) in [7, 11) is -0.432. The molecule has 1 heterocycles. The first-order valence-corrected chi connectivity index (χ1v) is 11.1. The molecule has 1 amide bonds. The number of sulfonamides is 1. The van der Waals surface area contributed by atoms with E-state index in [2.05, 4.69) is 10.5 Å². The van der Waals surface area contributed by atoms with E-state index in [1.165, 1.54) is 41.9 Å². The van der Waals surface area contributed by atoms with Crippen LogP contribution in [0.3, 0.4) is 0 Å². The highest BCUT2D eigenvalue weighted by molar-refractivity contribution is 7.89. The van der Waals surface area contributed by atoms with Crippen LogP contribution in [-0.2, 0) is 10.0 Å². The Hall–Kier alpha value is -2.91. The summed E-state index contributed by atoms with van der Waals surface area (Å²) in [4.78, 5) is 12.5. The Morgan fingerprint density at radius 3 is 2.30 bits per heavy atom. The van der Waals surface area contributed by atoms with Crippen molar-refractivity contribution in [2.75, 3.05) is 27.3 Å². The van der Waals surface area contributed by atoms with Crippen LogP contribution in [0.5, 0.6) is 11.5 Å². The molecular weight excluding hydrogens is 406 g/mol. The molecule has 1 fully saturated rings. The number of methoxy groups -OCH3 is 2. The van der Waals surface area contributed by atoms with Gasteiger partial charge in [0.25, 0.3) is 5.91 Å². The SMILES string of the molecule is COc1ccc(/C=N\NC(=O)c2ccc(S(=O)(=O)N3CCCCC3)cc2)cc1OC. The van der Waals surface area contributed by atoms with Gasteiger partial charge in [0.2, 0.25) is 10.0 Å². The Balaban J connectivity index is 1.64. The smallest absolute Gasteiger partial charge is 0.271 e. The van der Waals surface area contributed by atoms with Crippen LogP contribution in [0.2, 0.25) is 0 Å². The maximum atomic E-state index is 12.7. The molecule has 0 aromatic heterocycles. The molecule has 2 aromatic rings. The quantitative estimate of drug-likeness (QED) is 0.537. The highest BCUT2D eigenvalue weighted by atomic mass is 32.2.